The maximum absolute atomic E-state index is 5.63. The fourth-order valence-electron chi connectivity index (χ4n) is 1.45. The van der Waals surface area contributed by atoms with Crippen LogP contribution in [0.1, 0.15) is 0 Å². The van der Waals surface area contributed by atoms with Gasteiger partial charge >= 0.3 is 0 Å². The van der Waals surface area contributed by atoms with Crippen molar-refractivity contribution in [1.82, 2.24) is 19.9 Å². The summed E-state index contributed by atoms with van der Waals surface area (Å²) in [4.78, 5) is 16.6. The van der Waals surface area contributed by atoms with E-state index in [4.69, 9.17) is 4.74 Å². The van der Waals surface area contributed by atoms with E-state index in [1.165, 1.54) is 0 Å². The van der Waals surface area contributed by atoms with Crippen LogP contribution in [0.2, 0.25) is 0 Å². The molecule has 0 bridgehead atoms. The van der Waals surface area contributed by atoms with Crippen molar-refractivity contribution in [3.63, 3.8) is 0 Å². The summed E-state index contributed by atoms with van der Waals surface area (Å²) in [5, 5.41) is 0. The molecule has 0 N–H and O–H groups in total. The Morgan fingerprint density at radius 2 is 1.83 bits per heavy atom. The average molecular weight is 303 g/mol. The first kappa shape index (κ1) is 11.0. The lowest BCUT2D eigenvalue weighted by Gasteiger charge is -2.05. The number of rotatable bonds is 2. The predicted octanol–water partition coefficient (Wildman–Crippen LogP) is 2.97. The van der Waals surface area contributed by atoms with Crippen molar-refractivity contribution in [2.24, 2.45) is 0 Å². The molecule has 88 valence electrons. The highest BCUT2D eigenvalue weighted by atomic mass is 79.9. The molecule has 5 nitrogen and oxygen atoms in total. The van der Waals surface area contributed by atoms with Crippen molar-refractivity contribution in [3.05, 3.63) is 47.5 Å². The highest BCUT2D eigenvalue weighted by Crippen LogP contribution is 2.26. The third kappa shape index (κ3) is 2.14. The van der Waals surface area contributed by atoms with Gasteiger partial charge in [-0.2, -0.15) is 4.98 Å². The van der Waals surface area contributed by atoms with E-state index in [1.54, 1.807) is 36.8 Å². The molecule has 0 aromatic carbocycles. The third-order valence-electron chi connectivity index (χ3n) is 2.25. The van der Waals surface area contributed by atoms with Gasteiger partial charge in [-0.25, -0.2) is 9.97 Å². The number of nitrogens with zero attached hydrogens (tertiary/aromatic N) is 4. The molecule has 0 saturated carbocycles. The van der Waals surface area contributed by atoms with Gasteiger partial charge in [-0.3, -0.25) is 4.98 Å². The van der Waals surface area contributed by atoms with Crippen LogP contribution in [0.4, 0.5) is 0 Å². The summed E-state index contributed by atoms with van der Waals surface area (Å²) < 4.78 is 6.26. The number of halogens is 1. The number of pyridine rings is 2. The molecule has 3 aromatic heterocycles. The maximum atomic E-state index is 5.63. The van der Waals surface area contributed by atoms with Crippen LogP contribution in [0.5, 0.6) is 11.6 Å². The Morgan fingerprint density at radius 3 is 2.72 bits per heavy atom. The van der Waals surface area contributed by atoms with Crippen molar-refractivity contribution >= 4 is 27.1 Å². The molecular weight excluding hydrogens is 296 g/mol. The first-order valence-corrected chi connectivity index (χ1v) is 5.98. The van der Waals surface area contributed by atoms with Gasteiger partial charge in [0.15, 0.2) is 11.4 Å². The van der Waals surface area contributed by atoms with E-state index < -0.39 is 0 Å². The van der Waals surface area contributed by atoms with Gasteiger partial charge in [-0.15, -0.1) is 0 Å². The molecule has 0 saturated heterocycles. The average Bonchev–Trinajstić information content (AvgIpc) is 2.41. The zero-order valence-electron chi connectivity index (χ0n) is 9.12. The van der Waals surface area contributed by atoms with Crippen LogP contribution in [0, 0.1) is 0 Å². The Kier molecular flexibility index (Phi) is 2.85. The summed E-state index contributed by atoms with van der Waals surface area (Å²) in [5.41, 5.74) is 1.28. The van der Waals surface area contributed by atoms with Crippen LogP contribution in [0.15, 0.2) is 47.5 Å². The first-order valence-electron chi connectivity index (χ1n) is 5.19. The first-order chi connectivity index (χ1) is 8.83. The maximum Gasteiger partial charge on any atom is 0.221 e. The topological polar surface area (TPSA) is 60.8 Å². The summed E-state index contributed by atoms with van der Waals surface area (Å²) in [5.74, 6) is 1.06. The summed E-state index contributed by atoms with van der Waals surface area (Å²) >= 11 is 3.31. The molecule has 0 amide bonds. The molecular formula is C12H7BrN4O. The Morgan fingerprint density at radius 1 is 0.944 bits per heavy atom. The number of hydrogen-bond donors (Lipinski definition) is 0. The molecule has 0 aliphatic carbocycles. The van der Waals surface area contributed by atoms with E-state index in [9.17, 15) is 0 Å². The minimum absolute atomic E-state index is 0.455. The van der Waals surface area contributed by atoms with Crippen LogP contribution in [-0.2, 0) is 0 Å². The lowest BCUT2D eigenvalue weighted by Crippen LogP contribution is -1.92. The van der Waals surface area contributed by atoms with E-state index in [0.29, 0.717) is 21.9 Å². The zero-order valence-corrected chi connectivity index (χ0v) is 10.7. The van der Waals surface area contributed by atoms with Crippen molar-refractivity contribution in [3.8, 4) is 11.6 Å². The fraction of sp³-hybridized carbons (Fsp3) is 0. The largest absolute Gasteiger partial charge is 0.436 e. The molecule has 3 heterocycles. The van der Waals surface area contributed by atoms with Crippen molar-refractivity contribution < 1.29 is 4.74 Å². The van der Waals surface area contributed by atoms with E-state index in [0.717, 1.165) is 5.52 Å². The molecule has 0 fully saturated rings. The van der Waals surface area contributed by atoms with Crippen molar-refractivity contribution in [2.75, 3.05) is 0 Å². The summed E-state index contributed by atoms with van der Waals surface area (Å²) in [6.07, 6.45) is 4.90. The zero-order chi connectivity index (χ0) is 12.4. The van der Waals surface area contributed by atoms with Gasteiger partial charge in [-0.05, 0) is 34.1 Å². The Hall–Kier alpha value is -2.08. The SMILES string of the molecule is Brc1ncccc1Oc1ccc2nccnc2n1. The molecule has 0 aliphatic rings. The Bertz CT molecular complexity index is 704. The number of hydrogen-bond acceptors (Lipinski definition) is 5. The number of ether oxygens (including phenoxy) is 1. The molecule has 0 radical (unpaired) electrons. The summed E-state index contributed by atoms with van der Waals surface area (Å²) in [7, 11) is 0. The number of aromatic nitrogens is 4. The van der Waals surface area contributed by atoms with E-state index in [1.807, 2.05) is 6.07 Å². The van der Waals surface area contributed by atoms with Crippen LogP contribution in [0.25, 0.3) is 11.2 Å². The molecule has 3 rings (SSSR count). The molecule has 0 unspecified atom stereocenters. The van der Waals surface area contributed by atoms with Gasteiger partial charge in [0, 0.05) is 24.7 Å². The molecule has 3 aromatic rings. The van der Waals surface area contributed by atoms with E-state index in [-0.39, 0.29) is 0 Å². The predicted molar refractivity (Wildman–Crippen MR) is 69.3 cm³/mol. The highest BCUT2D eigenvalue weighted by Gasteiger charge is 2.05. The second-order valence-electron chi connectivity index (χ2n) is 3.44. The highest BCUT2D eigenvalue weighted by molar-refractivity contribution is 9.10. The standard InChI is InChI=1S/C12H7BrN4O/c13-11-9(2-1-5-15-11)18-10-4-3-8-12(17-10)16-7-6-14-8/h1-7H. The lowest BCUT2D eigenvalue weighted by molar-refractivity contribution is 0.459. The molecule has 0 spiro atoms. The Balaban J connectivity index is 1.98. The van der Waals surface area contributed by atoms with Gasteiger partial charge < -0.3 is 4.74 Å². The minimum atomic E-state index is 0.455. The number of fused-ring (bicyclic) bond motifs is 1. The summed E-state index contributed by atoms with van der Waals surface area (Å²) in [6, 6.07) is 7.16. The van der Waals surface area contributed by atoms with E-state index in [2.05, 4.69) is 35.9 Å². The second-order valence-corrected chi connectivity index (χ2v) is 4.19. The van der Waals surface area contributed by atoms with Gasteiger partial charge in [0.05, 0.1) is 0 Å². The smallest absolute Gasteiger partial charge is 0.221 e. The molecule has 0 atom stereocenters. The quantitative estimate of drug-likeness (QED) is 0.681. The van der Waals surface area contributed by atoms with Crippen LogP contribution < -0.4 is 4.74 Å². The van der Waals surface area contributed by atoms with Crippen LogP contribution in [0.3, 0.4) is 0 Å². The van der Waals surface area contributed by atoms with Gasteiger partial charge in [-0.1, -0.05) is 0 Å². The Labute approximate surface area is 111 Å². The molecule has 6 heteroatoms. The molecule has 18 heavy (non-hydrogen) atoms. The molecule has 0 aliphatic heterocycles. The van der Waals surface area contributed by atoms with Gasteiger partial charge in [0.25, 0.3) is 0 Å². The van der Waals surface area contributed by atoms with Crippen LogP contribution >= 0.6 is 15.9 Å². The van der Waals surface area contributed by atoms with Gasteiger partial charge in [0.2, 0.25) is 5.88 Å². The lowest BCUT2D eigenvalue weighted by atomic mass is 10.4. The van der Waals surface area contributed by atoms with Crippen molar-refractivity contribution in [2.45, 2.75) is 0 Å². The minimum Gasteiger partial charge on any atom is -0.436 e. The van der Waals surface area contributed by atoms with E-state index >= 15 is 0 Å². The fourth-order valence-corrected chi connectivity index (χ4v) is 1.79. The van der Waals surface area contributed by atoms with Gasteiger partial charge in [0.1, 0.15) is 10.1 Å². The van der Waals surface area contributed by atoms with Crippen molar-refractivity contribution in [1.29, 1.82) is 0 Å². The normalized spacial score (nSPS) is 10.5. The monoisotopic (exact) mass is 302 g/mol. The third-order valence-corrected chi connectivity index (χ3v) is 2.84. The second kappa shape index (κ2) is 4.66. The van der Waals surface area contributed by atoms with Crippen LogP contribution in [-0.4, -0.2) is 19.9 Å². The summed E-state index contributed by atoms with van der Waals surface area (Å²) in [6.45, 7) is 0.